The lowest BCUT2D eigenvalue weighted by atomic mass is 9.73. The number of anilines is 1. The first-order valence-electron chi connectivity index (χ1n) is 6.18. The van der Waals surface area contributed by atoms with Crippen LogP contribution >= 0.6 is 0 Å². The van der Waals surface area contributed by atoms with Crippen molar-refractivity contribution in [2.24, 2.45) is 0 Å². The Bertz CT molecular complexity index is 685. The van der Waals surface area contributed by atoms with E-state index in [2.05, 4.69) is 10.3 Å². The summed E-state index contributed by atoms with van der Waals surface area (Å²) in [5.74, 6) is -1.35. The third kappa shape index (κ3) is 1.67. The minimum atomic E-state index is -1.21. The Balaban J connectivity index is 2.27. The molecule has 0 bridgehead atoms. The summed E-state index contributed by atoms with van der Waals surface area (Å²) < 4.78 is 0. The van der Waals surface area contributed by atoms with E-state index in [0.29, 0.717) is 16.8 Å². The summed E-state index contributed by atoms with van der Waals surface area (Å²) in [6.45, 7) is 0. The first-order chi connectivity index (χ1) is 9.64. The van der Waals surface area contributed by atoms with Crippen LogP contribution in [0.2, 0.25) is 0 Å². The Morgan fingerprint density at radius 3 is 2.75 bits per heavy atom. The van der Waals surface area contributed by atoms with Gasteiger partial charge in [-0.3, -0.25) is 14.6 Å². The van der Waals surface area contributed by atoms with E-state index in [0.717, 1.165) is 0 Å². The number of para-hydroxylation sites is 1. The molecule has 2 aromatic rings. The van der Waals surface area contributed by atoms with E-state index >= 15 is 0 Å². The number of aromatic nitrogens is 1. The van der Waals surface area contributed by atoms with Gasteiger partial charge in [-0.15, -0.1) is 0 Å². The van der Waals surface area contributed by atoms with Crippen LogP contribution in [0.3, 0.4) is 0 Å². The second-order valence-corrected chi connectivity index (χ2v) is 4.72. The molecule has 1 atom stereocenters. The molecule has 0 spiro atoms. The van der Waals surface area contributed by atoms with Crippen LogP contribution in [0.4, 0.5) is 5.69 Å². The van der Waals surface area contributed by atoms with Gasteiger partial charge in [0.25, 0.3) is 0 Å². The highest BCUT2D eigenvalue weighted by Gasteiger charge is 2.49. The summed E-state index contributed by atoms with van der Waals surface area (Å²) >= 11 is 0. The van der Waals surface area contributed by atoms with Gasteiger partial charge in [-0.05, 0) is 23.3 Å². The standard InChI is InChI=1S/C15H12N2O3/c18-13(19)8-15(10-4-3-7-16-9-10)11-5-1-2-6-12(11)17-14(15)20/h1-7,9H,8H2,(H,17,20)(H,18,19). The summed E-state index contributed by atoms with van der Waals surface area (Å²) in [5, 5.41) is 12.0. The molecule has 0 radical (unpaired) electrons. The molecule has 1 unspecified atom stereocenters. The van der Waals surface area contributed by atoms with E-state index in [1.165, 1.54) is 0 Å². The molecule has 2 heterocycles. The monoisotopic (exact) mass is 268 g/mol. The number of carboxylic acids is 1. The Kier molecular flexibility index (Phi) is 2.75. The lowest BCUT2D eigenvalue weighted by molar-refractivity contribution is -0.140. The molecular weight excluding hydrogens is 256 g/mol. The zero-order valence-corrected chi connectivity index (χ0v) is 10.5. The van der Waals surface area contributed by atoms with Crippen LogP contribution in [0.15, 0.2) is 48.8 Å². The average Bonchev–Trinajstić information content (AvgIpc) is 2.73. The maximum absolute atomic E-state index is 12.5. The lowest BCUT2D eigenvalue weighted by Gasteiger charge is -2.25. The highest BCUT2D eigenvalue weighted by atomic mass is 16.4. The number of fused-ring (bicyclic) bond motifs is 1. The van der Waals surface area contributed by atoms with Gasteiger partial charge in [-0.1, -0.05) is 24.3 Å². The fourth-order valence-corrected chi connectivity index (χ4v) is 2.72. The number of rotatable bonds is 3. The molecule has 1 aliphatic heterocycles. The number of carbonyl (C=O) groups is 2. The molecule has 0 aliphatic carbocycles. The minimum absolute atomic E-state index is 0.304. The van der Waals surface area contributed by atoms with Gasteiger partial charge in [-0.25, -0.2) is 0 Å². The number of pyridine rings is 1. The van der Waals surface area contributed by atoms with Gasteiger partial charge in [0.1, 0.15) is 5.41 Å². The molecule has 5 nitrogen and oxygen atoms in total. The molecule has 2 N–H and O–H groups in total. The third-order valence-electron chi connectivity index (χ3n) is 3.59. The first-order valence-corrected chi connectivity index (χ1v) is 6.18. The van der Waals surface area contributed by atoms with E-state index in [-0.39, 0.29) is 12.3 Å². The van der Waals surface area contributed by atoms with Gasteiger partial charge in [0.2, 0.25) is 5.91 Å². The fourth-order valence-electron chi connectivity index (χ4n) is 2.72. The summed E-state index contributed by atoms with van der Waals surface area (Å²) in [6, 6.07) is 10.6. The zero-order valence-electron chi connectivity index (χ0n) is 10.5. The number of carboxylic acid groups (broad SMARTS) is 1. The quantitative estimate of drug-likeness (QED) is 0.889. The lowest BCUT2D eigenvalue weighted by Crippen LogP contribution is -2.38. The average molecular weight is 268 g/mol. The van der Waals surface area contributed by atoms with Crippen LogP contribution in [0, 0.1) is 0 Å². The summed E-state index contributed by atoms with van der Waals surface area (Å²) in [7, 11) is 0. The highest BCUT2D eigenvalue weighted by molar-refractivity contribution is 6.10. The van der Waals surface area contributed by atoms with Gasteiger partial charge in [0.05, 0.1) is 6.42 Å². The number of carbonyl (C=O) groups excluding carboxylic acids is 1. The number of hydrogen-bond acceptors (Lipinski definition) is 3. The maximum atomic E-state index is 12.5. The van der Waals surface area contributed by atoms with Gasteiger partial charge in [0.15, 0.2) is 0 Å². The number of aliphatic carboxylic acids is 1. The first kappa shape index (κ1) is 12.3. The zero-order chi connectivity index (χ0) is 14.2. The molecule has 100 valence electrons. The molecular formula is C15H12N2O3. The molecule has 5 heteroatoms. The van der Waals surface area contributed by atoms with Crippen LogP contribution in [-0.2, 0) is 15.0 Å². The number of nitrogens with one attached hydrogen (secondary N) is 1. The van der Waals surface area contributed by atoms with E-state index in [1.54, 1.807) is 48.8 Å². The maximum Gasteiger partial charge on any atom is 0.305 e. The Morgan fingerprint density at radius 2 is 2.05 bits per heavy atom. The Hall–Kier alpha value is -2.69. The van der Waals surface area contributed by atoms with Crippen molar-refractivity contribution >= 4 is 17.6 Å². The summed E-state index contributed by atoms with van der Waals surface area (Å²) in [4.78, 5) is 27.8. The second-order valence-electron chi connectivity index (χ2n) is 4.72. The highest BCUT2D eigenvalue weighted by Crippen LogP contribution is 2.44. The number of amides is 1. The molecule has 1 aromatic carbocycles. The SMILES string of the molecule is O=C(O)CC1(c2cccnc2)C(=O)Nc2ccccc21. The van der Waals surface area contributed by atoms with Gasteiger partial charge in [0, 0.05) is 18.1 Å². The van der Waals surface area contributed by atoms with Crippen molar-refractivity contribution < 1.29 is 14.7 Å². The molecule has 1 aliphatic rings. The Labute approximate surface area is 115 Å². The number of benzene rings is 1. The van der Waals surface area contributed by atoms with Crippen molar-refractivity contribution in [1.82, 2.24) is 4.98 Å². The summed E-state index contributed by atoms with van der Waals surface area (Å²) in [6.07, 6.45) is 2.84. The van der Waals surface area contributed by atoms with Crippen molar-refractivity contribution in [2.75, 3.05) is 5.32 Å². The van der Waals surface area contributed by atoms with Crippen LogP contribution < -0.4 is 5.32 Å². The van der Waals surface area contributed by atoms with Gasteiger partial charge in [-0.2, -0.15) is 0 Å². The van der Waals surface area contributed by atoms with Crippen molar-refractivity contribution in [3.8, 4) is 0 Å². The molecule has 1 aromatic heterocycles. The van der Waals surface area contributed by atoms with Crippen molar-refractivity contribution in [3.05, 3.63) is 59.9 Å². The molecule has 3 rings (SSSR count). The van der Waals surface area contributed by atoms with Crippen LogP contribution in [-0.4, -0.2) is 22.0 Å². The minimum Gasteiger partial charge on any atom is -0.481 e. The van der Waals surface area contributed by atoms with Crippen molar-refractivity contribution in [3.63, 3.8) is 0 Å². The normalized spacial score (nSPS) is 20.3. The van der Waals surface area contributed by atoms with Gasteiger partial charge >= 0.3 is 5.97 Å². The molecule has 0 fully saturated rings. The Morgan fingerprint density at radius 1 is 1.25 bits per heavy atom. The fraction of sp³-hybridized carbons (Fsp3) is 0.133. The van der Waals surface area contributed by atoms with E-state index < -0.39 is 11.4 Å². The molecule has 0 saturated carbocycles. The van der Waals surface area contributed by atoms with E-state index in [4.69, 9.17) is 0 Å². The predicted octanol–water partition coefficient (Wildman–Crippen LogP) is 1.79. The number of hydrogen-bond donors (Lipinski definition) is 2. The second kappa shape index (κ2) is 4.45. The molecule has 1 amide bonds. The van der Waals surface area contributed by atoms with Crippen LogP contribution in [0.5, 0.6) is 0 Å². The molecule has 20 heavy (non-hydrogen) atoms. The van der Waals surface area contributed by atoms with Crippen LogP contribution in [0.1, 0.15) is 17.5 Å². The van der Waals surface area contributed by atoms with E-state index in [1.807, 2.05) is 0 Å². The smallest absolute Gasteiger partial charge is 0.305 e. The van der Waals surface area contributed by atoms with E-state index in [9.17, 15) is 14.7 Å². The predicted molar refractivity (Wildman–Crippen MR) is 72.3 cm³/mol. The van der Waals surface area contributed by atoms with Crippen molar-refractivity contribution in [2.45, 2.75) is 11.8 Å². The summed E-state index contributed by atoms with van der Waals surface area (Å²) in [5.41, 5.74) is 0.712. The number of nitrogens with zero attached hydrogens (tertiary/aromatic N) is 1. The largest absolute Gasteiger partial charge is 0.481 e. The molecule has 0 saturated heterocycles. The van der Waals surface area contributed by atoms with Crippen LogP contribution in [0.25, 0.3) is 0 Å². The third-order valence-corrected chi connectivity index (χ3v) is 3.59. The van der Waals surface area contributed by atoms with Gasteiger partial charge < -0.3 is 10.4 Å². The van der Waals surface area contributed by atoms with Crippen molar-refractivity contribution in [1.29, 1.82) is 0 Å². The topological polar surface area (TPSA) is 79.3 Å².